The van der Waals surface area contributed by atoms with Crippen LogP contribution in [0.3, 0.4) is 0 Å². The number of ketones is 1. The third-order valence-electron chi connectivity index (χ3n) is 10.4. The number of aryl methyl sites for hydroxylation is 1. The minimum Gasteiger partial charge on any atom is -0.325 e. The molecule has 0 spiro atoms. The van der Waals surface area contributed by atoms with Crippen molar-refractivity contribution >= 4 is 29.9 Å². The number of Topliss-reactive ketones (excluding diaryl/α,β-unsaturated/α-hetero) is 1. The fraction of sp³-hybridized carbons (Fsp3) is 0.647. The van der Waals surface area contributed by atoms with E-state index < -0.39 is 17.1 Å². The Hall–Kier alpha value is -2.60. The minimum atomic E-state index is -0.900. The number of amides is 1. The summed E-state index contributed by atoms with van der Waals surface area (Å²) in [5.41, 5.74) is 2.10. The first-order valence-corrected chi connectivity index (χ1v) is 15.6. The van der Waals surface area contributed by atoms with Gasteiger partial charge in [0.25, 0.3) is 0 Å². The highest BCUT2D eigenvalue weighted by molar-refractivity contribution is 5.96. The summed E-state index contributed by atoms with van der Waals surface area (Å²) in [4.78, 5) is 43.4. The average molecular weight is 546 g/mol. The Morgan fingerprint density at radius 3 is 2.45 bits per heavy atom. The first-order chi connectivity index (χ1) is 19.2. The highest BCUT2D eigenvalue weighted by Crippen LogP contribution is 2.46. The smallest absolute Gasteiger partial charge is 0.241 e. The molecule has 2 N–H and O–H groups in total. The third-order valence-corrected chi connectivity index (χ3v) is 10.4. The fourth-order valence-corrected chi connectivity index (χ4v) is 8.03. The molecule has 1 aliphatic heterocycles. The van der Waals surface area contributed by atoms with E-state index >= 15 is 0 Å². The van der Waals surface area contributed by atoms with Gasteiger partial charge in [-0.25, -0.2) is 0 Å². The number of aldehydes is 1. The molecule has 0 aromatic heterocycles. The van der Waals surface area contributed by atoms with Crippen molar-refractivity contribution in [3.8, 4) is 0 Å². The quantitative estimate of drug-likeness (QED) is 0.279. The monoisotopic (exact) mass is 545 g/mol. The Labute approximate surface area is 239 Å². The predicted molar refractivity (Wildman–Crippen MR) is 161 cm³/mol. The van der Waals surface area contributed by atoms with E-state index in [1.807, 2.05) is 19.1 Å². The predicted octanol–water partition coefficient (Wildman–Crippen LogP) is 6.46. The summed E-state index contributed by atoms with van der Waals surface area (Å²) in [5.74, 6) is 2.50. The summed E-state index contributed by atoms with van der Waals surface area (Å²) in [6.45, 7) is 7.85. The Kier molecular flexibility index (Phi) is 8.47. The van der Waals surface area contributed by atoms with Gasteiger partial charge in [0, 0.05) is 17.5 Å². The molecule has 5 unspecified atom stereocenters. The van der Waals surface area contributed by atoms with Gasteiger partial charge in [-0.2, -0.15) is 0 Å². The Bertz CT molecular complexity index is 1190. The average Bonchev–Trinajstić information content (AvgIpc) is 3.59. The molecule has 6 nitrogen and oxygen atoms in total. The molecule has 40 heavy (non-hydrogen) atoms. The maximum Gasteiger partial charge on any atom is 0.241 e. The summed E-state index contributed by atoms with van der Waals surface area (Å²) in [7, 11) is 0. The van der Waals surface area contributed by atoms with Gasteiger partial charge in [0.05, 0.1) is 11.5 Å². The molecule has 216 valence electrons. The molecular weight excluding hydrogens is 498 g/mol. The van der Waals surface area contributed by atoms with E-state index in [0.29, 0.717) is 17.4 Å². The number of carbonyl (C=O) groups excluding carboxylic acids is 3. The molecule has 3 aliphatic carbocycles. The van der Waals surface area contributed by atoms with Crippen LogP contribution >= 0.6 is 0 Å². The van der Waals surface area contributed by atoms with Crippen molar-refractivity contribution in [3.05, 3.63) is 41.0 Å². The second-order valence-electron chi connectivity index (χ2n) is 13.4. The molecule has 6 heteroatoms. The van der Waals surface area contributed by atoms with Gasteiger partial charge in [-0.3, -0.25) is 24.7 Å². The summed E-state index contributed by atoms with van der Waals surface area (Å²) < 4.78 is 0. The number of allylic oxidation sites excluding steroid dienone is 1. The van der Waals surface area contributed by atoms with E-state index in [1.165, 1.54) is 32.1 Å². The highest BCUT2D eigenvalue weighted by atomic mass is 16.2. The number of anilines is 1. The van der Waals surface area contributed by atoms with Crippen LogP contribution in [0.1, 0.15) is 103 Å². The highest BCUT2D eigenvalue weighted by Gasteiger charge is 2.44. The number of fused-ring (bicyclic) bond motifs is 2. The van der Waals surface area contributed by atoms with Crippen LogP contribution in [-0.4, -0.2) is 35.9 Å². The van der Waals surface area contributed by atoms with Crippen molar-refractivity contribution in [1.29, 1.82) is 0 Å². The molecule has 1 amide bonds. The molecule has 1 heterocycles. The van der Waals surface area contributed by atoms with Crippen LogP contribution in [0, 0.1) is 30.6 Å². The first-order valence-electron chi connectivity index (χ1n) is 15.6. The molecule has 3 saturated carbocycles. The van der Waals surface area contributed by atoms with Crippen molar-refractivity contribution in [1.82, 2.24) is 5.32 Å². The van der Waals surface area contributed by atoms with Crippen LogP contribution in [0.15, 0.2) is 34.8 Å². The van der Waals surface area contributed by atoms with E-state index in [9.17, 15) is 14.4 Å². The first kappa shape index (κ1) is 28.9. The largest absolute Gasteiger partial charge is 0.325 e. The van der Waals surface area contributed by atoms with Gasteiger partial charge in [-0.15, -0.1) is 0 Å². The lowest BCUT2D eigenvalue weighted by Crippen LogP contribution is -2.56. The van der Waals surface area contributed by atoms with Crippen LogP contribution in [0.4, 0.5) is 5.69 Å². The van der Waals surface area contributed by atoms with Gasteiger partial charge in [-0.1, -0.05) is 45.1 Å². The van der Waals surface area contributed by atoms with Gasteiger partial charge in [0.1, 0.15) is 17.7 Å². The topological polar surface area (TPSA) is 87.6 Å². The van der Waals surface area contributed by atoms with Crippen molar-refractivity contribution < 1.29 is 14.4 Å². The molecule has 4 aliphatic rings. The number of hydrogen-bond donors (Lipinski definition) is 2. The minimum absolute atomic E-state index is 0.0767. The van der Waals surface area contributed by atoms with Crippen LogP contribution in [0.2, 0.25) is 0 Å². The second kappa shape index (κ2) is 11.7. The normalized spacial score (nSPS) is 29.5. The lowest BCUT2D eigenvalue weighted by molar-refractivity contribution is -0.123. The Balaban J connectivity index is 1.38. The lowest BCUT2D eigenvalue weighted by Gasteiger charge is -2.38. The molecule has 2 bridgehead atoms. The number of carbonyl (C=O) groups is 3. The van der Waals surface area contributed by atoms with Crippen molar-refractivity contribution in [2.24, 2.45) is 28.7 Å². The molecule has 0 radical (unpaired) electrons. The van der Waals surface area contributed by atoms with Crippen LogP contribution < -0.4 is 10.6 Å². The Morgan fingerprint density at radius 2 is 1.85 bits per heavy atom. The molecule has 1 aromatic rings. The molecule has 5 atom stereocenters. The van der Waals surface area contributed by atoms with Crippen LogP contribution in [0.5, 0.6) is 0 Å². The zero-order valence-corrected chi connectivity index (χ0v) is 24.8. The second-order valence-corrected chi connectivity index (χ2v) is 13.4. The van der Waals surface area contributed by atoms with Crippen LogP contribution in [-0.2, 0) is 19.8 Å². The SMILES string of the molecule is CCCC(CCC1CC1)(C(C)=O)c1ccc(NC(=O)C(NC2(C)N=CC=C2C=O)C2CC3CCC(C3)C2)cc1C. The Morgan fingerprint density at radius 1 is 1.12 bits per heavy atom. The number of rotatable bonds is 13. The third kappa shape index (κ3) is 5.88. The zero-order valence-electron chi connectivity index (χ0n) is 24.8. The van der Waals surface area contributed by atoms with Crippen molar-refractivity contribution in [3.63, 3.8) is 0 Å². The summed E-state index contributed by atoms with van der Waals surface area (Å²) in [5, 5.41) is 6.72. The molecule has 3 fully saturated rings. The summed E-state index contributed by atoms with van der Waals surface area (Å²) in [6.07, 6.45) is 16.4. The summed E-state index contributed by atoms with van der Waals surface area (Å²) in [6, 6.07) is 5.62. The van der Waals surface area contributed by atoms with E-state index in [4.69, 9.17) is 0 Å². The van der Waals surface area contributed by atoms with E-state index in [0.717, 1.165) is 67.5 Å². The van der Waals surface area contributed by atoms with Gasteiger partial charge in [0.15, 0.2) is 0 Å². The van der Waals surface area contributed by atoms with E-state index in [2.05, 4.69) is 35.5 Å². The van der Waals surface area contributed by atoms with Gasteiger partial charge < -0.3 is 5.32 Å². The number of hydrogen-bond acceptors (Lipinski definition) is 5. The van der Waals surface area contributed by atoms with E-state index in [-0.39, 0.29) is 17.6 Å². The molecular formula is C34H47N3O3. The molecule has 0 saturated heterocycles. The van der Waals surface area contributed by atoms with Crippen LogP contribution in [0.25, 0.3) is 0 Å². The lowest BCUT2D eigenvalue weighted by atomic mass is 9.69. The van der Waals surface area contributed by atoms with E-state index in [1.54, 1.807) is 19.2 Å². The zero-order chi connectivity index (χ0) is 28.5. The summed E-state index contributed by atoms with van der Waals surface area (Å²) >= 11 is 0. The van der Waals surface area contributed by atoms with Crippen molar-refractivity contribution in [2.45, 2.75) is 115 Å². The number of nitrogens with zero attached hydrogens (tertiary/aromatic N) is 1. The standard InChI is InChI=1S/C34H47N3O3/c1-5-14-34(23(3)39,15-12-24-6-7-24)30-11-10-29(17-22(30)2)36-32(40)31(27-19-25-8-9-26(18-25)20-27)37-33(4)28(21-38)13-16-35-33/h10-11,13,16-17,21,24-27,31,37H,5-9,12,14-15,18-20H2,1-4H3,(H,36,40). The number of nitrogens with one attached hydrogen (secondary N) is 2. The molecule has 1 aromatic carbocycles. The number of aliphatic imine (C=N–C) groups is 1. The maximum absolute atomic E-state index is 14.0. The van der Waals surface area contributed by atoms with Gasteiger partial charge in [-0.05, 0) is 112 Å². The van der Waals surface area contributed by atoms with Crippen molar-refractivity contribution in [2.75, 3.05) is 5.32 Å². The van der Waals surface area contributed by atoms with Gasteiger partial charge in [0.2, 0.25) is 5.91 Å². The fourth-order valence-electron chi connectivity index (χ4n) is 8.03. The number of benzene rings is 1. The maximum atomic E-state index is 14.0. The molecule has 5 rings (SSSR count). The van der Waals surface area contributed by atoms with Gasteiger partial charge >= 0.3 is 0 Å².